The second-order valence-corrected chi connectivity index (χ2v) is 3.29. The number of hydrogen-bond acceptors (Lipinski definition) is 1. The molecule has 0 aromatic carbocycles. The molecule has 0 unspecified atom stereocenters. The first-order chi connectivity index (χ1) is 3.79. The lowest BCUT2D eigenvalue weighted by atomic mass is 10.4. The maximum Gasteiger partial charge on any atom is 0.130 e. The van der Waals surface area contributed by atoms with Gasteiger partial charge in [-0.25, -0.2) is 0 Å². The molecule has 0 aliphatic heterocycles. The van der Waals surface area contributed by atoms with Crippen molar-refractivity contribution in [3.63, 3.8) is 0 Å². The van der Waals surface area contributed by atoms with Crippen LogP contribution in [0.25, 0.3) is 0 Å². The Labute approximate surface area is 60.3 Å². The third-order valence-electron chi connectivity index (χ3n) is 1.24. The van der Waals surface area contributed by atoms with Crippen molar-refractivity contribution in [2.75, 3.05) is 6.54 Å². The Kier molecular flexibility index (Phi) is 2.14. The van der Waals surface area contributed by atoms with E-state index >= 15 is 0 Å². The average molecular weight is 147 g/mol. The highest BCUT2D eigenvalue weighted by molar-refractivity contribution is 8.11. The summed E-state index contributed by atoms with van der Waals surface area (Å²) < 4.78 is 0.622. The fraction of sp³-hybridized carbons (Fsp3) is 0.800. The van der Waals surface area contributed by atoms with Gasteiger partial charge in [0.2, 0.25) is 0 Å². The van der Waals surface area contributed by atoms with Crippen molar-refractivity contribution >= 4 is 29.2 Å². The van der Waals surface area contributed by atoms with Gasteiger partial charge in [-0.1, -0.05) is 12.2 Å². The highest BCUT2D eigenvalue weighted by atomic mass is 32.1. The first-order valence-corrected chi connectivity index (χ1v) is 3.61. The number of nitrogens with one attached hydrogen (secondary N) is 1. The Morgan fingerprint density at radius 2 is 2.38 bits per heavy atom. The molecule has 46 valence electrons. The fourth-order valence-electron chi connectivity index (χ4n) is 0.554. The van der Waals surface area contributed by atoms with E-state index in [1.807, 2.05) is 0 Å². The van der Waals surface area contributed by atoms with Crippen LogP contribution in [0.1, 0.15) is 12.8 Å². The molecule has 1 nitrogen and oxygen atoms in total. The Morgan fingerprint density at radius 1 is 1.75 bits per heavy atom. The second-order valence-electron chi connectivity index (χ2n) is 2.13. The molecule has 0 radical (unpaired) electrons. The summed E-state index contributed by atoms with van der Waals surface area (Å²) in [4.78, 5) is 0. The number of thiol groups is 1. The quantitative estimate of drug-likeness (QED) is 0.449. The van der Waals surface area contributed by atoms with Crippen LogP contribution in [-0.4, -0.2) is 10.9 Å². The largest absolute Gasteiger partial charge is 0.371 e. The SMILES string of the molecule is S=C(S)NCC1CC1. The molecule has 1 saturated carbocycles. The fourth-order valence-corrected chi connectivity index (χ4v) is 0.728. The van der Waals surface area contributed by atoms with Crippen molar-refractivity contribution in [2.45, 2.75) is 12.8 Å². The van der Waals surface area contributed by atoms with Crippen LogP contribution in [-0.2, 0) is 0 Å². The van der Waals surface area contributed by atoms with Crippen molar-refractivity contribution in [2.24, 2.45) is 5.92 Å². The van der Waals surface area contributed by atoms with E-state index in [0.29, 0.717) is 4.32 Å². The Balaban J connectivity index is 1.95. The van der Waals surface area contributed by atoms with Gasteiger partial charge in [-0.05, 0) is 18.8 Å². The van der Waals surface area contributed by atoms with Gasteiger partial charge in [0.15, 0.2) is 0 Å². The summed E-state index contributed by atoms with van der Waals surface area (Å²) in [6, 6.07) is 0. The molecule has 1 rings (SSSR count). The van der Waals surface area contributed by atoms with E-state index < -0.39 is 0 Å². The molecular weight excluding hydrogens is 138 g/mol. The average Bonchev–Trinajstić information content (AvgIpc) is 2.41. The normalized spacial score (nSPS) is 18.1. The molecule has 1 N–H and O–H groups in total. The molecule has 0 spiro atoms. The zero-order chi connectivity index (χ0) is 5.98. The lowest BCUT2D eigenvalue weighted by molar-refractivity contribution is 0.784. The molecule has 0 aromatic rings. The minimum Gasteiger partial charge on any atom is -0.371 e. The van der Waals surface area contributed by atoms with Crippen molar-refractivity contribution in [3.05, 3.63) is 0 Å². The van der Waals surface area contributed by atoms with Crippen LogP contribution in [0.2, 0.25) is 0 Å². The monoisotopic (exact) mass is 147 g/mol. The molecule has 1 aliphatic rings. The summed E-state index contributed by atoms with van der Waals surface area (Å²) >= 11 is 8.62. The highest BCUT2D eigenvalue weighted by Crippen LogP contribution is 2.27. The number of thiocarbonyl (C=S) groups is 1. The Hall–Kier alpha value is 0.240. The first-order valence-electron chi connectivity index (χ1n) is 2.76. The molecule has 1 fully saturated rings. The number of rotatable bonds is 2. The Bertz CT molecular complexity index is 98.6. The topological polar surface area (TPSA) is 12.0 Å². The van der Waals surface area contributed by atoms with Gasteiger partial charge in [0, 0.05) is 6.54 Å². The molecule has 0 saturated heterocycles. The minimum atomic E-state index is 0.622. The van der Waals surface area contributed by atoms with E-state index in [0.717, 1.165) is 12.5 Å². The summed E-state index contributed by atoms with van der Waals surface area (Å²) in [7, 11) is 0. The van der Waals surface area contributed by atoms with E-state index in [1.54, 1.807) is 0 Å². The number of hydrogen-bond donors (Lipinski definition) is 2. The van der Waals surface area contributed by atoms with E-state index in [9.17, 15) is 0 Å². The summed E-state index contributed by atoms with van der Waals surface area (Å²) in [5.41, 5.74) is 0. The third-order valence-corrected chi connectivity index (χ3v) is 1.54. The van der Waals surface area contributed by atoms with Crippen molar-refractivity contribution in [1.82, 2.24) is 5.32 Å². The van der Waals surface area contributed by atoms with Crippen LogP contribution in [0.15, 0.2) is 0 Å². The van der Waals surface area contributed by atoms with Gasteiger partial charge in [-0.15, -0.1) is 12.6 Å². The predicted octanol–water partition coefficient (Wildman–Crippen LogP) is 1.20. The summed E-state index contributed by atoms with van der Waals surface area (Å²) in [6.45, 7) is 1.03. The minimum absolute atomic E-state index is 0.622. The lowest BCUT2D eigenvalue weighted by Gasteiger charge is -1.97. The molecule has 8 heavy (non-hydrogen) atoms. The van der Waals surface area contributed by atoms with Gasteiger partial charge < -0.3 is 5.32 Å². The summed E-state index contributed by atoms with van der Waals surface area (Å²) in [6.07, 6.45) is 2.73. The maximum absolute atomic E-state index is 4.69. The smallest absolute Gasteiger partial charge is 0.130 e. The van der Waals surface area contributed by atoms with Gasteiger partial charge in [0.05, 0.1) is 0 Å². The van der Waals surface area contributed by atoms with Crippen molar-refractivity contribution in [3.8, 4) is 0 Å². The zero-order valence-electron chi connectivity index (χ0n) is 4.55. The molecule has 0 aromatic heterocycles. The third kappa shape index (κ3) is 2.52. The molecule has 0 amide bonds. The molecule has 0 bridgehead atoms. The molecule has 0 atom stereocenters. The van der Waals surface area contributed by atoms with Crippen molar-refractivity contribution in [1.29, 1.82) is 0 Å². The molecular formula is C5H9NS2. The second kappa shape index (κ2) is 2.69. The van der Waals surface area contributed by atoms with E-state index in [2.05, 4.69) is 17.9 Å². The van der Waals surface area contributed by atoms with Gasteiger partial charge >= 0.3 is 0 Å². The Morgan fingerprint density at radius 3 is 2.75 bits per heavy atom. The van der Waals surface area contributed by atoms with Crippen LogP contribution in [0, 0.1) is 5.92 Å². The van der Waals surface area contributed by atoms with E-state index in [1.165, 1.54) is 12.8 Å². The van der Waals surface area contributed by atoms with Crippen LogP contribution in [0.5, 0.6) is 0 Å². The first kappa shape index (κ1) is 6.36. The highest BCUT2D eigenvalue weighted by Gasteiger charge is 2.20. The van der Waals surface area contributed by atoms with Crippen LogP contribution in [0.3, 0.4) is 0 Å². The van der Waals surface area contributed by atoms with Gasteiger partial charge in [-0.3, -0.25) is 0 Å². The summed E-state index contributed by atoms with van der Waals surface area (Å²) in [5, 5.41) is 3.00. The zero-order valence-corrected chi connectivity index (χ0v) is 6.27. The molecule has 1 aliphatic carbocycles. The predicted molar refractivity (Wildman–Crippen MR) is 42.3 cm³/mol. The lowest BCUT2D eigenvalue weighted by Crippen LogP contribution is -2.18. The van der Waals surface area contributed by atoms with Crippen molar-refractivity contribution < 1.29 is 0 Å². The van der Waals surface area contributed by atoms with Gasteiger partial charge in [0.25, 0.3) is 0 Å². The molecule has 0 heterocycles. The van der Waals surface area contributed by atoms with E-state index in [-0.39, 0.29) is 0 Å². The van der Waals surface area contributed by atoms with E-state index in [4.69, 9.17) is 12.2 Å². The standard InChI is InChI=1S/C5H9NS2/c7-5(8)6-3-4-1-2-4/h4H,1-3H2,(H2,6,7,8). The van der Waals surface area contributed by atoms with Gasteiger partial charge in [-0.2, -0.15) is 0 Å². The maximum atomic E-state index is 4.69. The molecule has 3 heteroatoms. The van der Waals surface area contributed by atoms with Crippen LogP contribution >= 0.6 is 24.8 Å². The summed E-state index contributed by atoms with van der Waals surface area (Å²) in [5.74, 6) is 0.889. The van der Waals surface area contributed by atoms with Crippen LogP contribution < -0.4 is 5.32 Å². The van der Waals surface area contributed by atoms with Gasteiger partial charge in [0.1, 0.15) is 4.32 Å². The van der Waals surface area contributed by atoms with Crippen LogP contribution in [0.4, 0.5) is 0 Å².